The average molecular weight is 446 g/mol. The van der Waals surface area contributed by atoms with Gasteiger partial charge in [-0.25, -0.2) is 16.8 Å². The monoisotopic (exact) mass is 445 g/mol. The van der Waals surface area contributed by atoms with Crippen LogP contribution in [0, 0.1) is 0 Å². The maximum absolute atomic E-state index is 12.8. The van der Waals surface area contributed by atoms with Gasteiger partial charge in [0.1, 0.15) is 0 Å². The molecule has 0 saturated carbocycles. The van der Waals surface area contributed by atoms with Gasteiger partial charge in [0.05, 0.1) is 32.2 Å². The molecule has 0 radical (unpaired) electrons. The van der Waals surface area contributed by atoms with E-state index in [1.165, 1.54) is 36.6 Å². The highest BCUT2D eigenvalue weighted by Gasteiger charge is 2.38. The van der Waals surface area contributed by atoms with Crippen LogP contribution in [0.25, 0.3) is 0 Å². The fourth-order valence-electron chi connectivity index (χ4n) is 3.62. The Morgan fingerprint density at radius 2 is 2.04 bits per heavy atom. The Bertz CT molecular complexity index is 999. The highest BCUT2D eigenvalue weighted by Crippen LogP contribution is 2.28. The standard InChI is InChI=1S/C19H24ClNO5S2/c20-18-7-6-15(28(25,26)16-9-11-27(23,24)13-16)12-17(18)19(22)21-10-8-14-4-2-1-3-5-14/h4,6-7,12,16H,1-3,5,8-11,13H2,(H,21,22). The molecule has 1 unspecified atom stereocenters. The van der Waals surface area contributed by atoms with Crippen molar-refractivity contribution in [2.75, 3.05) is 18.1 Å². The Kier molecular flexibility index (Phi) is 6.51. The van der Waals surface area contributed by atoms with Crippen LogP contribution >= 0.6 is 11.6 Å². The van der Waals surface area contributed by atoms with Crippen molar-refractivity contribution in [1.82, 2.24) is 5.32 Å². The van der Waals surface area contributed by atoms with Gasteiger partial charge in [-0.1, -0.05) is 23.3 Å². The van der Waals surface area contributed by atoms with E-state index in [4.69, 9.17) is 11.6 Å². The van der Waals surface area contributed by atoms with E-state index in [0.29, 0.717) is 6.54 Å². The molecule has 1 aliphatic carbocycles. The normalized spacial score (nSPS) is 21.9. The summed E-state index contributed by atoms with van der Waals surface area (Å²) in [5.74, 6) is -0.944. The second-order valence-corrected chi connectivity index (χ2v) is 12.2. The maximum Gasteiger partial charge on any atom is 0.252 e. The first kappa shape index (κ1) is 21.3. The molecule has 6 nitrogen and oxygen atoms in total. The largest absolute Gasteiger partial charge is 0.352 e. The van der Waals surface area contributed by atoms with Gasteiger partial charge in [-0.3, -0.25) is 4.79 Å². The Morgan fingerprint density at radius 1 is 1.25 bits per heavy atom. The van der Waals surface area contributed by atoms with Gasteiger partial charge in [0.25, 0.3) is 5.91 Å². The number of benzene rings is 1. The first-order valence-corrected chi connectivity index (χ1v) is 13.1. The third-order valence-electron chi connectivity index (χ3n) is 5.26. The zero-order valence-corrected chi connectivity index (χ0v) is 17.9. The molecule has 9 heteroatoms. The van der Waals surface area contributed by atoms with Gasteiger partial charge in [0, 0.05) is 6.54 Å². The maximum atomic E-state index is 12.8. The van der Waals surface area contributed by atoms with Crippen LogP contribution in [-0.2, 0) is 19.7 Å². The third-order valence-corrected chi connectivity index (χ3v) is 9.76. The summed E-state index contributed by atoms with van der Waals surface area (Å²) < 4.78 is 48.8. The van der Waals surface area contributed by atoms with Crippen LogP contribution in [0.2, 0.25) is 5.02 Å². The van der Waals surface area contributed by atoms with E-state index < -0.39 is 30.8 Å². The van der Waals surface area contributed by atoms with Crippen molar-refractivity contribution >= 4 is 37.2 Å². The minimum absolute atomic E-state index is 0.0702. The van der Waals surface area contributed by atoms with Crippen molar-refractivity contribution in [3.63, 3.8) is 0 Å². The number of rotatable bonds is 6. The van der Waals surface area contributed by atoms with E-state index in [2.05, 4.69) is 11.4 Å². The van der Waals surface area contributed by atoms with Crippen LogP contribution in [0.3, 0.4) is 0 Å². The molecule has 0 aromatic heterocycles. The highest BCUT2D eigenvalue weighted by molar-refractivity contribution is 7.96. The molecular weight excluding hydrogens is 422 g/mol. The molecule has 1 heterocycles. The van der Waals surface area contributed by atoms with Crippen LogP contribution in [0.4, 0.5) is 0 Å². The molecule has 1 N–H and O–H groups in total. The number of halogens is 1. The molecule has 1 fully saturated rings. The van der Waals surface area contributed by atoms with Gasteiger partial charge in [-0.15, -0.1) is 0 Å². The summed E-state index contributed by atoms with van der Waals surface area (Å²) in [6.07, 6.45) is 7.55. The van der Waals surface area contributed by atoms with Gasteiger partial charge in [-0.05, 0) is 56.7 Å². The van der Waals surface area contributed by atoms with Crippen LogP contribution < -0.4 is 5.32 Å². The second-order valence-electron chi connectivity index (χ2n) is 7.33. The zero-order valence-electron chi connectivity index (χ0n) is 15.5. The van der Waals surface area contributed by atoms with Crippen molar-refractivity contribution < 1.29 is 21.6 Å². The predicted octanol–water partition coefficient (Wildman–Crippen LogP) is 2.92. The summed E-state index contributed by atoms with van der Waals surface area (Å²) in [6, 6.07) is 3.94. The lowest BCUT2D eigenvalue weighted by atomic mass is 9.97. The summed E-state index contributed by atoms with van der Waals surface area (Å²) in [6.45, 7) is 0.457. The molecule has 2 aliphatic rings. The number of amides is 1. The van der Waals surface area contributed by atoms with Crippen LogP contribution in [0.1, 0.15) is 48.9 Å². The zero-order chi connectivity index (χ0) is 20.4. The van der Waals surface area contributed by atoms with Gasteiger partial charge in [0.15, 0.2) is 19.7 Å². The molecule has 1 atom stereocenters. The van der Waals surface area contributed by atoms with Crippen molar-refractivity contribution in [2.24, 2.45) is 0 Å². The van der Waals surface area contributed by atoms with Crippen LogP contribution in [-0.4, -0.2) is 46.0 Å². The molecule has 28 heavy (non-hydrogen) atoms. The number of allylic oxidation sites excluding steroid dienone is 1. The molecule has 154 valence electrons. The summed E-state index contributed by atoms with van der Waals surface area (Å²) in [5.41, 5.74) is 1.41. The van der Waals surface area contributed by atoms with Crippen molar-refractivity contribution in [2.45, 2.75) is 48.7 Å². The number of nitrogens with one attached hydrogen (secondary N) is 1. The van der Waals surface area contributed by atoms with E-state index >= 15 is 0 Å². The fraction of sp³-hybridized carbons (Fsp3) is 0.526. The van der Waals surface area contributed by atoms with Crippen molar-refractivity contribution in [3.05, 3.63) is 40.4 Å². The smallest absolute Gasteiger partial charge is 0.252 e. The van der Waals surface area contributed by atoms with E-state index in [9.17, 15) is 21.6 Å². The summed E-state index contributed by atoms with van der Waals surface area (Å²) >= 11 is 6.11. The molecular formula is C19H24ClNO5S2. The second kappa shape index (κ2) is 8.55. The van der Waals surface area contributed by atoms with Gasteiger partial charge in [-0.2, -0.15) is 0 Å². The molecule has 0 spiro atoms. The summed E-state index contributed by atoms with van der Waals surface area (Å²) in [5, 5.41) is 1.97. The van der Waals surface area contributed by atoms with E-state index in [1.54, 1.807) is 0 Å². The number of hydrogen-bond donors (Lipinski definition) is 1. The molecule has 1 amide bonds. The minimum Gasteiger partial charge on any atom is -0.352 e. The number of hydrogen-bond acceptors (Lipinski definition) is 5. The van der Waals surface area contributed by atoms with E-state index in [0.717, 1.165) is 19.3 Å². The van der Waals surface area contributed by atoms with Gasteiger partial charge >= 0.3 is 0 Å². The molecule has 0 bridgehead atoms. The molecule has 1 aromatic rings. The number of carbonyl (C=O) groups is 1. The van der Waals surface area contributed by atoms with E-state index in [-0.39, 0.29) is 33.4 Å². The van der Waals surface area contributed by atoms with Crippen LogP contribution in [0.5, 0.6) is 0 Å². The highest BCUT2D eigenvalue weighted by atomic mass is 35.5. The lowest BCUT2D eigenvalue weighted by molar-refractivity contribution is 0.0954. The predicted molar refractivity (Wildman–Crippen MR) is 109 cm³/mol. The quantitative estimate of drug-likeness (QED) is 0.679. The van der Waals surface area contributed by atoms with Crippen molar-refractivity contribution in [1.29, 1.82) is 0 Å². The SMILES string of the molecule is O=C(NCCC1=CCCCC1)c1cc(S(=O)(=O)C2CCS(=O)(=O)C2)ccc1Cl. The summed E-state index contributed by atoms with van der Waals surface area (Å²) in [7, 11) is -7.18. The Labute approximate surface area is 171 Å². The Morgan fingerprint density at radius 3 is 2.68 bits per heavy atom. The fourth-order valence-corrected chi connectivity index (χ4v) is 8.20. The van der Waals surface area contributed by atoms with Crippen LogP contribution in [0.15, 0.2) is 34.7 Å². The molecule has 1 saturated heterocycles. The van der Waals surface area contributed by atoms with Gasteiger partial charge in [0.2, 0.25) is 0 Å². The Hall–Kier alpha value is -1.38. The summed E-state index contributed by atoms with van der Waals surface area (Å²) in [4.78, 5) is 12.4. The lowest BCUT2D eigenvalue weighted by Crippen LogP contribution is -2.26. The number of sulfone groups is 2. The lowest BCUT2D eigenvalue weighted by Gasteiger charge is -2.14. The average Bonchev–Trinajstić information content (AvgIpc) is 3.03. The first-order chi connectivity index (χ1) is 13.2. The van der Waals surface area contributed by atoms with Crippen molar-refractivity contribution in [3.8, 4) is 0 Å². The molecule has 1 aliphatic heterocycles. The topological polar surface area (TPSA) is 97.4 Å². The van der Waals surface area contributed by atoms with Gasteiger partial charge < -0.3 is 5.32 Å². The van der Waals surface area contributed by atoms with E-state index in [1.807, 2.05) is 0 Å². The first-order valence-electron chi connectivity index (χ1n) is 9.39. The molecule has 1 aromatic carbocycles. The molecule has 3 rings (SSSR count). The third kappa shape index (κ3) is 4.96. The Balaban J connectivity index is 1.72. The minimum atomic E-state index is -3.85. The number of carbonyl (C=O) groups excluding carboxylic acids is 1.